The number of hydrogen-bond donors (Lipinski definition) is 0. The van der Waals surface area contributed by atoms with Gasteiger partial charge in [-0.2, -0.15) is 5.10 Å². The van der Waals surface area contributed by atoms with Gasteiger partial charge in [0.1, 0.15) is 5.69 Å². The Morgan fingerprint density at radius 3 is 2.52 bits per heavy atom. The Morgan fingerprint density at radius 2 is 1.76 bits per heavy atom. The molecule has 0 bridgehead atoms. The van der Waals surface area contributed by atoms with Gasteiger partial charge in [0, 0.05) is 18.3 Å². The van der Waals surface area contributed by atoms with Crippen LogP contribution >= 0.6 is 0 Å². The Bertz CT molecular complexity index is 720. The maximum absolute atomic E-state index is 12.4. The summed E-state index contributed by atoms with van der Waals surface area (Å²) in [5, 5.41) is 4.24. The van der Waals surface area contributed by atoms with E-state index < -0.39 is 0 Å². The van der Waals surface area contributed by atoms with Gasteiger partial charge >= 0.3 is 0 Å². The Morgan fingerprint density at radius 1 is 0.952 bits per heavy atom. The van der Waals surface area contributed by atoms with E-state index in [9.17, 15) is 4.79 Å². The second-order valence-electron chi connectivity index (χ2n) is 4.71. The number of nitrogens with zero attached hydrogens (tertiary/aromatic N) is 3. The summed E-state index contributed by atoms with van der Waals surface area (Å²) in [7, 11) is 0. The number of aromatic nitrogens is 3. The van der Waals surface area contributed by atoms with E-state index in [-0.39, 0.29) is 5.78 Å². The maximum atomic E-state index is 12.4. The highest BCUT2D eigenvalue weighted by Gasteiger charge is 2.13. The fourth-order valence-electron chi connectivity index (χ4n) is 2.21. The van der Waals surface area contributed by atoms with Crippen LogP contribution in [0.5, 0.6) is 0 Å². The first kappa shape index (κ1) is 13.2. The molecule has 3 rings (SSSR count). The van der Waals surface area contributed by atoms with Crippen molar-refractivity contribution in [2.75, 3.05) is 0 Å². The van der Waals surface area contributed by atoms with Crippen molar-refractivity contribution in [2.45, 2.75) is 12.8 Å². The zero-order valence-corrected chi connectivity index (χ0v) is 11.5. The summed E-state index contributed by atoms with van der Waals surface area (Å²) in [5.74, 6) is 0.0713. The van der Waals surface area contributed by atoms with E-state index in [0.717, 1.165) is 11.4 Å². The third kappa shape index (κ3) is 3.05. The average Bonchev–Trinajstić information content (AvgIpc) is 3.04. The smallest absolute Gasteiger partial charge is 0.181 e. The molecule has 4 nitrogen and oxygen atoms in total. The zero-order valence-electron chi connectivity index (χ0n) is 11.5. The molecule has 0 aliphatic heterocycles. The fourth-order valence-corrected chi connectivity index (χ4v) is 2.21. The lowest BCUT2D eigenvalue weighted by molar-refractivity contribution is 0.0975. The number of pyridine rings is 1. The van der Waals surface area contributed by atoms with Crippen LogP contribution in [0.4, 0.5) is 0 Å². The molecule has 4 heteroatoms. The number of rotatable bonds is 5. The standard InChI is InChI=1S/C17H15N3O/c21-17(10-9-14-6-4-5-12-18-14)16-11-13-19-20(16)15-7-2-1-3-8-15/h1-8,11-13H,9-10H2. The van der Waals surface area contributed by atoms with Crippen LogP contribution in [0.3, 0.4) is 0 Å². The van der Waals surface area contributed by atoms with Crippen molar-refractivity contribution in [1.82, 2.24) is 14.8 Å². The van der Waals surface area contributed by atoms with E-state index in [1.165, 1.54) is 0 Å². The number of para-hydroxylation sites is 1. The summed E-state index contributed by atoms with van der Waals surface area (Å²) in [6.07, 6.45) is 4.46. The molecule has 3 aromatic rings. The zero-order chi connectivity index (χ0) is 14.5. The largest absolute Gasteiger partial charge is 0.292 e. The molecule has 104 valence electrons. The molecular formula is C17H15N3O. The minimum absolute atomic E-state index is 0.0713. The molecule has 0 saturated carbocycles. The Hall–Kier alpha value is -2.75. The molecular weight excluding hydrogens is 262 g/mol. The van der Waals surface area contributed by atoms with Crippen molar-refractivity contribution in [3.63, 3.8) is 0 Å². The predicted molar refractivity (Wildman–Crippen MR) is 80.5 cm³/mol. The van der Waals surface area contributed by atoms with Crippen LogP contribution in [0.2, 0.25) is 0 Å². The molecule has 0 radical (unpaired) electrons. The monoisotopic (exact) mass is 277 g/mol. The molecule has 0 aliphatic carbocycles. The van der Waals surface area contributed by atoms with Crippen LogP contribution in [0.1, 0.15) is 22.6 Å². The molecule has 0 spiro atoms. The summed E-state index contributed by atoms with van der Waals surface area (Å²) >= 11 is 0. The van der Waals surface area contributed by atoms with Crippen LogP contribution in [-0.2, 0) is 6.42 Å². The van der Waals surface area contributed by atoms with Gasteiger partial charge in [0.15, 0.2) is 5.78 Å². The fraction of sp³-hybridized carbons (Fsp3) is 0.118. The van der Waals surface area contributed by atoms with E-state index in [2.05, 4.69) is 10.1 Å². The number of benzene rings is 1. The first-order valence-corrected chi connectivity index (χ1v) is 6.87. The summed E-state index contributed by atoms with van der Waals surface area (Å²) < 4.78 is 1.68. The minimum Gasteiger partial charge on any atom is -0.292 e. The summed E-state index contributed by atoms with van der Waals surface area (Å²) in [5.41, 5.74) is 2.43. The number of carbonyl (C=O) groups excluding carboxylic acids is 1. The van der Waals surface area contributed by atoms with E-state index in [1.807, 2.05) is 48.5 Å². The van der Waals surface area contributed by atoms with Crippen LogP contribution < -0.4 is 0 Å². The first-order chi connectivity index (χ1) is 10.3. The summed E-state index contributed by atoms with van der Waals surface area (Å²) in [6, 6.07) is 17.2. The van der Waals surface area contributed by atoms with Crippen molar-refractivity contribution >= 4 is 5.78 Å². The molecule has 0 N–H and O–H groups in total. The van der Waals surface area contributed by atoms with Gasteiger partial charge in [-0.05, 0) is 36.8 Å². The van der Waals surface area contributed by atoms with Gasteiger partial charge in [-0.3, -0.25) is 9.78 Å². The van der Waals surface area contributed by atoms with E-state index >= 15 is 0 Å². The van der Waals surface area contributed by atoms with Crippen LogP contribution in [0.15, 0.2) is 67.0 Å². The van der Waals surface area contributed by atoms with Crippen molar-refractivity contribution in [1.29, 1.82) is 0 Å². The molecule has 0 fully saturated rings. The van der Waals surface area contributed by atoms with Crippen molar-refractivity contribution < 1.29 is 4.79 Å². The van der Waals surface area contributed by atoms with Gasteiger partial charge in [0.05, 0.1) is 11.9 Å². The third-order valence-corrected chi connectivity index (χ3v) is 3.26. The molecule has 1 aromatic carbocycles. The van der Waals surface area contributed by atoms with E-state index in [4.69, 9.17) is 0 Å². The highest BCUT2D eigenvalue weighted by Crippen LogP contribution is 2.12. The molecule has 0 atom stereocenters. The molecule has 21 heavy (non-hydrogen) atoms. The lowest BCUT2D eigenvalue weighted by Crippen LogP contribution is -2.10. The normalized spacial score (nSPS) is 10.5. The predicted octanol–water partition coefficient (Wildman–Crippen LogP) is 3.08. The average molecular weight is 277 g/mol. The van der Waals surface area contributed by atoms with Gasteiger partial charge in [-0.1, -0.05) is 24.3 Å². The van der Waals surface area contributed by atoms with Gasteiger partial charge < -0.3 is 0 Å². The van der Waals surface area contributed by atoms with Crippen LogP contribution in [0.25, 0.3) is 5.69 Å². The number of ketones is 1. The number of Topliss-reactive ketones (excluding diaryl/α,β-unsaturated/α-hetero) is 1. The Balaban J connectivity index is 1.76. The van der Waals surface area contributed by atoms with Crippen LogP contribution in [-0.4, -0.2) is 20.5 Å². The molecule has 0 saturated heterocycles. The Kier molecular flexibility index (Phi) is 3.87. The lowest BCUT2D eigenvalue weighted by atomic mass is 10.1. The van der Waals surface area contributed by atoms with Crippen LogP contribution in [0, 0.1) is 0 Å². The Labute approximate surface area is 123 Å². The molecule has 2 heterocycles. The lowest BCUT2D eigenvalue weighted by Gasteiger charge is -2.06. The third-order valence-electron chi connectivity index (χ3n) is 3.26. The molecule has 2 aromatic heterocycles. The van der Waals surface area contributed by atoms with Gasteiger partial charge in [0.25, 0.3) is 0 Å². The van der Waals surface area contributed by atoms with E-state index in [1.54, 1.807) is 23.1 Å². The number of carbonyl (C=O) groups is 1. The number of hydrogen-bond acceptors (Lipinski definition) is 3. The van der Waals surface area contributed by atoms with Crippen molar-refractivity contribution in [3.05, 3.63) is 78.4 Å². The topological polar surface area (TPSA) is 47.8 Å². The number of aryl methyl sites for hydroxylation is 1. The highest BCUT2D eigenvalue weighted by atomic mass is 16.1. The first-order valence-electron chi connectivity index (χ1n) is 6.87. The van der Waals surface area contributed by atoms with Crippen molar-refractivity contribution in [3.8, 4) is 5.69 Å². The second-order valence-corrected chi connectivity index (χ2v) is 4.71. The molecule has 0 amide bonds. The van der Waals surface area contributed by atoms with Gasteiger partial charge in [-0.15, -0.1) is 0 Å². The quantitative estimate of drug-likeness (QED) is 0.673. The maximum Gasteiger partial charge on any atom is 0.181 e. The summed E-state index contributed by atoms with van der Waals surface area (Å²) in [4.78, 5) is 16.6. The van der Waals surface area contributed by atoms with Gasteiger partial charge in [-0.25, -0.2) is 4.68 Å². The molecule has 0 aliphatic rings. The highest BCUT2D eigenvalue weighted by molar-refractivity contribution is 5.95. The second kappa shape index (κ2) is 6.13. The van der Waals surface area contributed by atoms with E-state index in [0.29, 0.717) is 18.5 Å². The molecule has 0 unspecified atom stereocenters. The summed E-state index contributed by atoms with van der Waals surface area (Å²) in [6.45, 7) is 0. The SMILES string of the molecule is O=C(CCc1ccccn1)c1ccnn1-c1ccccc1. The minimum atomic E-state index is 0.0713. The van der Waals surface area contributed by atoms with Crippen molar-refractivity contribution in [2.24, 2.45) is 0 Å². The van der Waals surface area contributed by atoms with Gasteiger partial charge in [0.2, 0.25) is 0 Å².